The maximum absolute atomic E-state index is 5.64. The summed E-state index contributed by atoms with van der Waals surface area (Å²) in [4.78, 5) is 0. The Kier molecular flexibility index (Phi) is 22.3. The van der Waals surface area contributed by atoms with Crippen molar-refractivity contribution in [3.63, 3.8) is 0 Å². The molecular weight excluding hydrogens is 324 g/mol. The molecule has 0 saturated heterocycles. The lowest BCUT2D eigenvalue weighted by molar-refractivity contribution is -0.0308. The molecule has 156 valence electrons. The zero-order chi connectivity index (χ0) is 19.1. The number of methoxy groups -OCH3 is 2. The number of rotatable bonds is 21. The van der Waals surface area contributed by atoms with Crippen LogP contribution in [0.25, 0.3) is 0 Å². The first-order valence-corrected chi connectivity index (χ1v) is 11.1. The largest absolute Gasteiger partial charge is 0.382 e. The molecule has 0 amide bonds. The minimum atomic E-state index is 0.0640. The molecular formula is C23H46O3. The number of hydrogen-bond acceptors (Lipinski definition) is 3. The van der Waals surface area contributed by atoms with Crippen molar-refractivity contribution < 1.29 is 14.2 Å². The zero-order valence-corrected chi connectivity index (χ0v) is 18.0. The van der Waals surface area contributed by atoms with Crippen molar-refractivity contribution in [2.45, 2.75) is 103 Å². The second-order valence-corrected chi connectivity index (χ2v) is 7.33. The van der Waals surface area contributed by atoms with Crippen molar-refractivity contribution in [2.75, 3.05) is 34.0 Å². The molecule has 0 spiro atoms. The maximum atomic E-state index is 5.64. The number of unbranched alkanes of at least 4 members (excludes halogenated alkanes) is 12. The molecule has 0 radical (unpaired) electrons. The average Bonchev–Trinajstić information content (AvgIpc) is 2.66. The van der Waals surface area contributed by atoms with Crippen LogP contribution in [0.5, 0.6) is 0 Å². The van der Waals surface area contributed by atoms with Crippen molar-refractivity contribution in [3.8, 4) is 0 Å². The lowest BCUT2D eigenvalue weighted by Crippen LogP contribution is -2.23. The van der Waals surface area contributed by atoms with Gasteiger partial charge in [-0.3, -0.25) is 0 Å². The minimum absolute atomic E-state index is 0.0640. The second kappa shape index (κ2) is 22.7. The molecule has 26 heavy (non-hydrogen) atoms. The third-order valence-corrected chi connectivity index (χ3v) is 4.79. The molecule has 0 aliphatic rings. The maximum Gasteiger partial charge on any atom is 0.104 e. The van der Waals surface area contributed by atoms with Gasteiger partial charge in [0.15, 0.2) is 0 Å². The highest BCUT2D eigenvalue weighted by atomic mass is 16.5. The summed E-state index contributed by atoms with van der Waals surface area (Å²) in [5.41, 5.74) is 0. The van der Waals surface area contributed by atoms with Crippen LogP contribution in [0.1, 0.15) is 96.8 Å². The Morgan fingerprint density at radius 1 is 0.654 bits per heavy atom. The van der Waals surface area contributed by atoms with Crippen LogP contribution in [0.4, 0.5) is 0 Å². The van der Waals surface area contributed by atoms with Gasteiger partial charge in [0, 0.05) is 20.8 Å². The predicted molar refractivity (Wildman–Crippen MR) is 113 cm³/mol. The standard InChI is InChI=1S/C23H46O3/c1-4-5-6-7-8-9-10-11-12-13-14-15-16-17-18-19-20-26-22-23(25-3)21-24-2/h11-12,23H,4-10,13-22H2,1-3H3/b12-11-/t23-/m1/s1. The van der Waals surface area contributed by atoms with E-state index in [0.29, 0.717) is 13.2 Å². The topological polar surface area (TPSA) is 27.7 Å². The van der Waals surface area contributed by atoms with Gasteiger partial charge in [0.25, 0.3) is 0 Å². The SMILES string of the molecule is CCCCCCCC/C=C\CCCCCCCCOC[C@@H](COC)OC. The summed E-state index contributed by atoms with van der Waals surface area (Å²) in [6, 6.07) is 0. The first-order chi connectivity index (χ1) is 12.8. The molecule has 0 aromatic heterocycles. The van der Waals surface area contributed by atoms with Gasteiger partial charge in [-0.15, -0.1) is 0 Å². The lowest BCUT2D eigenvalue weighted by atomic mass is 10.1. The van der Waals surface area contributed by atoms with E-state index in [4.69, 9.17) is 14.2 Å². The fourth-order valence-electron chi connectivity index (χ4n) is 3.04. The summed E-state index contributed by atoms with van der Waals surface area (Å²) in [6.07, 6.45) is 23.6. The van der Waals surface area contributed by atoms with Crippen molar-refractivity contribution in [1.82, 2.24) is 0 Å². The van der Waals surface area contributed by atoms with Crippen LogP contribution in [0, 0.1) is 0 Å². The van der Waals surface area contributed by atoms with Crippen LogP contribution in [0.3, 0.4) is 0 Å². The van der Waals surface area contributed by atoms with Crippen LogP contribution < -0.4 is 0 Å². The van der Waals surface area contributed by atoms with Crippen molar-refractivity contribution in [1.29, 1.82) is 0 Å². The molecule has 0 aromatic rings. The normalized spacial score (nSPS) is 12.9. The highest BCUT2D eigenvalue weighted by Crippen LogP contribution is 2.10. The Morgan fingerprint density at radius 3 is 1.73 bits per heavy atom. The van der Waals surface area contributed by atoms with E-state index in [-0.39, 0.29) is 6.10 Å². The molecule has 0 fully saturated rings. The Hall–Kier alpha value is -0.380. The molecule has 3 nitrogen and oxygen atoms in total. The molecule has 0 saturated carbocycles. The molecule has 0 N–H and O–H groups in total. The molecule has 1 atom stereocenters. The third kappa shape index (κ3) is 19.9. The van der Waals surface area contributed by atoms with Crippen LogP contribution in [-0.2, 0) is 14.2 Å². The van der Waals surface area contributed by atoms with Crippen LogP contribution in [-0.4, -0.2) is 40.1 Å². The molecule has 0 bridgehead atoms. The quantitative estimate of drug-likeness (QED) is 0.166. The Balaban J connectivity index is 3.16. The molecule has 0 unspecified atom stereocenters. The summed E-state index contributed by atoms with van der Waals surface area (Å²) < 4.78 is 16.0. The third-order valence-electron chi connectivity index (χ3n) is 4.79. The van der Waals surface area contributed by atoms with E-state index in [0.717, 1.165) is 13.0 Å². The first-order valence-electron chi connectivity index (χ1n) is 11.1. The van der Waals surface area contributed by atoms with Gasteiger partial charge in [-0.25, -0.2) is 0 Å². The molecule has 0 aliphatic carbocycles. The van der Waals surface area contributed by atoms with E-state index in [1.54, 1.807) is 14.2 Å². The Labute approximate surface area is 163 Å². The summed E-state index contributed by atoms with van der Waals surface area (Å²) in [7, 11) is 3.40. The fourth-order valence-corrected chi connectivity index (χ4v) is 3.04. The zero-order valence-electron chi connectivity index (χ0n) is 18.0. The fraction of sp³-hybridized carbons (Fsp3) is 0.913. The van der Waals surface area contributed by atoms with Crippen molar-refractivity contribution >= 4 is 0 Å². The number of hydrogen-bond donors (Lipinski definition) is 0. The van der Waals surface area contributed by atoms with Gasteiger partial charge in [-0.1, -0.05) is 76.9 Å². The second-order valence-electron chi connectivity index (χ2n) is 7.33. The van der Waals surface area contributed by atoms with Gasteiger partial charge in [-0.05, 0) is 32.1 Å². The predicted octanol–water partition coefficient (Wildman–Crippen LogP) is 6.70. The van der Waals surface area contributed by atoms with Crippen LogP contribution >= 0.6 is 0 Å². The Morgan fingerprint density at radius 2 is 1.19 bits per heavy atom. The van der Waals surface area contributed by atoms with Crippen molar-refractivity contribution in [3.05, 3.63) is 12.2 Å². The average molecular weight is 371 g/mol. The molecule has 3 heteroatoms. The van der Waals surface area contributed by atoms with Gasteiger partial charge in [0.1, 0.15) is 6.10 Å². The summed E-state index contributed by atoms with van der Waals surface area (Å²) in [5, 5.41) is 0. The number of allylic oxidation sites excluding steroid dienone is 2. The molecule has 0 aliphatic heterocycles. The number of ether oxygens (including phenoxy) is 3. The smallest absolute Gasteiger partial charge is 0.104 e. The van der Waals surface area contributed by atoms with Gasteiger partial charge < -0.3 is 14.2 Å². The molecule has 0 heterocycles. The van der Waals surface area contributed by atoms with E-state index in [9.17, 15) is 0 Å². The minimum Gasteiger partial charge on any atom is -0.382 e. The van der Waals surface area contributed by atoms with E-state index in [1.165, 1.54) is 83.5 Å². The van der Waals surface area contributed by atoms with Gasteiger partial charge in [-0.2, -0.15) is 0 Å². The summed E-state index contributed by atoms with van der Waals surface area (Å²) in [6.45, 7) is 4.35. The van der Waals surface area contributed by atoms with E-state index in [2.05, 4.69) is 19.1 Å². The van der Waals surface area contributed by atoms with Gasteiger partial charge >= 0.3 is 0 Å². The lowest BCUT2D eigenvalue weighted by Gasteiger charge is -2.14. The first kappa shape index (κ1) is 25.6. The van der Waals surface area contributed by atoms with E-state index >= 15 is 0 Å². The molecule has 0 rings (SSSR count). The van der Waals surface area contributed by atoms with E-state index < -0.39 is 0 Å². The van der Waals surface area contributed by atoms with Crippen molar-refractivity contribution in [2.24, 2.45) is 0 Å². The van der Waals surface area contributed by atoms with Crippen LogP contribution in [0.15, 0.2) is 12.2 Å². The monoisotopic (exact) mass is 370 g/mol. The Bertz CT molecular complexity index is 279. The van der Waals surface area contributed by atoms with Crippen LogP contribution in [0.2, 0.25) is 0 Å². The molecule has 0 aromatic carbocycles. The summed E-state index contributed by atoms with van der Waals surface area (Å²) >= 11 is 0. The van der Waals surface area contributed by atoms with E-state index in [1.807, 2.05) is 0 Å². The highest BCUT2D eigenvalue weighted by Gasteiger charge is 2.05. The van der Waals surface area contributed by atoms with Gasteiger partial charge in [0.2, 0.25) is 0 Å². The van der Waals surface area contributed by atoms with Gasteiger partial charge in [0.05, 0.1) is 13.2 Å². The summed E-state index contributed by atoms with van der Waals surface area (Å²) in [5.74, 6) is 0. The highest BCUT2D eigenvalue weighted by molar-refractivity contribution is 4.81.